The summed E-state index contributed by atoms with van der Waals surface area (Å²) < 4.78 is 16.7. The first-order valence-corrected chi connectivity index (χ1v) is 8.02. The van der Waals surface area contributed by atoms with Crippen molar-refractivity contribution in [2.75, 3.05) is 20.0 Å². The molecule has 0 saturated carbocycles. The van der Waals surface area contributed by atoms with E-state index in [9.17, 15) is 0 Å². The lowest BCUT2D eigenvalue weighted by Crippen LogP contribution is -1.95. The Labute approximate surface area is 150 Å². The van der Waals surface area contributed by atoms with Gasteiger partial charge in [-0.05, 0) is 29.7 Å². The largest absolute Gasteiger partial charge is 0.493 e. The van der Waals surface area contributed by atoms with Gasteiger partial charge in [-0.3, -0.25) is 0 Å². The number of nitrogen functional groups attached to an aromatic ring is 1. The van der Waals surface area contributed by atoms with Gasteiger partial charge in [-0.1, -0.05) is 18.2 Å². The zero-order valence-corrected chi connectivity index (χ0v) is 14.4. The van der Waals surface area contributed by atoms with Crippen LogP contribution in [0.25, 0.3) is 21.7 Å². The molecule has 26 heavy (non-hydrogen) atoms. The number of hydrogen-bond donors (Lipinski definition) is 1. The molecule has 0 aliphatic rings. The summed E-state index contributed by atoms with van der Waals surface area (Å²) in [6.45, 7) is 0. The summed E-state index contributed by atoms with van der Waals surface area (Å²) >= 11 is 0. The third kappa shape index (κ3) is 2.71. The van der Waals surface area contributed by atoms with Gasteiger partial charge in [-0.15, -0.1) is 0 Å². The van der Waals surface area contributed by atoms with E-state index >= 15 is 0 Å². The molecule has 3 aromatic carbocycles. The van der Waals surface area contributed by atoms with E-state index in [0.29, 0.717) is 34.3 Å². The van der Waals surface area contributed by atoms with E-state index in [1.165, 1.54) is 6.33 Å². The highest BCUT2D eigenvalue weighted by atomic mass is 16.5. The molecule has 0 radical (unpaired) electrons. The zero-order chi connectivity index (χ0) is 18.1. The number of methoxy groups -OCH3 is 2. The molecular formula is C20H17N3O3. The van der Waals surface area contributed by atoms with Crippen molar-refractivity contribution in [3.63, 3.8) is 0 Å². The molecule has 0 aliphatic heterocycles. The van der Waals surface area contributed by atoms with Crippen molar-refractivity contribution in [2.24, 2.45) is 0 Å². The number of rotatable bonds is 4. The lowest BCUT2D eigenvalue weighted by molar-refractivity contribution is 0.355. The van der Waals surface area contributed by atoms with E-state index in [0.717, 1.165) is 16.2 Å². The molecule has 0 spiro atoms. The average molecular weight is 347 g/mol. The summed E-state index contributed by atoms with van der Waals surface area (Å²) in [6, 6.07) is 15.1. The number of benzene rings is 3. The topological polar surface area (TPSA) is 79.5 Å². The molecular weight excluding hydrogens is 330 g/mol. The van der Waals surface area contributed by atoms with Crippen molar-refractivity contribution >= 4 is 27.4 Å². The van der Waals surface area contributed by atoms with Crippen LogP contribution >= 0.6 is 0 Å². The van der Waals surface area contributed by atoms with Crippen molar-refractivity contribution in [1.82, 2.24) is 9.97 Å². The van der Waals surface area contributed by atoms with Crippen molar-refractivity contribution in [3.8, 4) is 23.1 Å². The maximum Gasteiger partial charge on any atom is 0.230 e. The number of aromatic nitrogens is 2. The Kier molecular flexibility index (Phi) is 3.93. The van der Waals surface area contributed by atoms with E-state index < -0.39 is 0 Å². The first kappa shape index (κ1) is 16.0. The van der Waals surface area contributed by atoms with Crippen LogP contribution < -0.4 is 19.9 Å². The second kappa shape index (κ2) is 6.40. The second-order valence-electron chi connectivity index (χ2n) is 5.74. The van der Waals surface area contributed by atoms with Gasteiger partial charge in [0.25, 0.3) is 0 Å². The molecule has 0 aliphatic carbocycles. The summed E-state index contributed by atoms with van der Waals surface area (Å²) in [6.07, 6.45) is 1.46. The van der Waals surface area contributed by atoms with Gasteiger partial charge in [0, 0.05) is 17.1 Å². The summed E-state index contributed by atoms with van der Waals surface area (Å²) in [5, 5.41) is 2.71. The van der Waals surface area contributed by atoms with Crippen LogP contribution in [0.2, 0.25) is 0 Å². The SMILES string of the molecule is COc1cc2ncnc(Oc3ccc4cccc(N)c4c3)c2cc1OC. The van der Waals surface area contributed by atoms with Crippen molar-refractivity contribution in [1.29, 1.82) is 0 Å². The average Bonchev–Trinajstić information content (AvgIpc) is 2.68. The third-order valence-electron chi connectivity index (χ3n) is 4.21. The fourth-order valence-electron chi connectivity index (χ4n) is 2.89. The molecule has 6 heteroatoms. The minimum absolute atomic E-state index is 0.435. The lowest BCUT2D eigenvalue weighted by atomic mass is 10.1. The molecule has 0 atom stereocenters. The first-order chi connectivity index (χ1) is 12.7. The van der Waals surface area contributed by atoms with Crippen LogP contribution in [0.15, 0.2) is 54.9 Å². The lowest BCUT2D eigenvalue weighted by Gasteiger charge is -2.12. The Morgan fingerprint density at radius 3 is 2.46 bits per heavy atom. The Balaban J connectivity index is 1.81. The van der Waals surface area contributed by atoms with E-state index in [2.05, 4.69) is 9.97 Å². The highest BCUT2D eigenvalue weighted by Crippen LogP contribution is 2.36. The Bertz CT molecular complexity index is 1110. The fraction of sp³-hybridized carbons (Fsp3) is 0.100. The Morgan fingerprint density at radius 2 is 1.65 bits per heavy atom. The quantitative estimate of drug-likeness (QED) is 0.558. The van der Waals surface area contributed by atoms with Gasteiger partial charge in [0.15, 0.2) is 11.5 Å². The molecule has 1 heterocycles. The molecule has 6 nitrogen and oxygen atoms in total. The molecule has 0 bridgehead atoms. The minimum Gasteiger partial charge on any atom is -0.493 e. The van der Waals surface area contributed by atoms with Crippen molar-refractivity contribution in [2.45, 2.75) is 0 Å². The normalized spacial score (nSPS) is 10.8. The van der Waals surface area contributed by atoms with Gasteiger partial charge in [0.05, 0.1) is 25.1 Å². The predicted molar refractivity (Wildman–Crippen MR) is 101 cm³/mol. The summed E-state index contributed by atoms with van der Waals surface area (Å²) in [5.41, 5.74) is 7.47. The smallest absolute Gasteiger partial charge is 0.230 e. The zero-order valence-electron chi connectivity index (χ0n) is 14.4. The highest BCUT2D eigenvalue weighted by Gasteiger charge is 2.12. The van der Waals surface area contributed by atoms with Gasteiger partial charge < -0.3 is 19.9 Å². The Morgan fingerprint density at radius 1 is 0.846 bits per heavy atom. The van der Waals surface area contributed by atoms with Crippen LogP contribution in [0.3, 0.4) is 0 Å². The fourth-order valence-corrected chi connectivity index (χ4v) is 2.89. The third-order valence-corrected chi connectivity index (χ3v) is 4.21. The van der Waals surface area contributed by atoms with Crippen molar-refractivity contribution < 1.29 is 14.2 Å². The van der Waals surface area contributed by atoms with E-state index in [4.69, 9.17) is 19.9 Å². The van der Waals surface area contributed by atoms with E-state index in [1.807, 2.05) is 36.4 Å². The number of ether oxygens (including phenoxy) is 3. The molecule has 4 aromatic rings. The highest BCUT2D eigenvalue weighted by molar-refractivity contribution is 5.94. The van der Waals surface area contributed by atoms with Crippen LogP contribution in [0.5, 0.6) is 23.1 Å². The number of fused-ring (bicyclic) bond motifs is 2. The number of nitrogens with two attached hydrogens (primary N) is 1. The predicted octanol–water partition coefficient (Wildman–Crippen LogP) is 4.17. The van der Waals surface area contributed by atoms with Crippen LogP contribution in [0.1, 0.15) is 0 Å². The van der Waals surface area contributed by atoms with Gasteiger partial charge in [-0.25, -0.2) is 9.97 Å². The molecule has 2 N–H and O–H groups in total. The van der Waals surface area contributed by atoms with Crippen molar-refractivity contribution in [3.05, 3.63) is 54.9 Å². The van der Waals surface area contributed by atoms with Gasteiger partial charge >= 0.3 is 0 Å². The maximum absolute atomic E-state index is 6.07. The molecule has 0 amide bonds. The number of nitrogens with zero attached hydrogens (tertiary/aromatic N) is 2. The van der Waals surface area contributed by atoms with E-state index in [-0.39, 0.29) is 0 Å². The first-order valence-electron chi connectivity index (χ1n) is 8.02. The van der Waals surface area contributed by atoms with E-state index in [1.54, 1.807) is 26.4 Å². The molecule has 130 valence electrons. The number of hydrogen-bond acceptors (Lipinski definition) is 6. The second-order valence-corrected chi connectivity index (χ2v) is 5.74. The molecule has 0 unspecified atom stereocenters. The van der Waals surface area contributed by atoms with Crippen LogP contribution in [-0.2, 0) is 0 Å². The van der Waals surface area contributed by atoms with Gasteiger partial charge in [0.1, 0.15) is 12.1 Å². The van der Waals surface area contributed by atoms with Gasteiger partial charge in [0.2, 0.25) is 5.88 Å². The standard InChI is InChI=1S/C20H17N3O3/c1-24-18-9-15-17(10-19(18)25-2)22-11-23-20(15)26-13-7-6-12-4-3-5-16(21)14(12)8-13/h3-11H,21H2,1-2H3. The molecule has 4 rings (SSSR count). The minimum atomic E-state index is 0.435. The molecule has 0 fully saturated rings. The monoisotopic (exact) mass is 347 g/mol. The maximum atomic E-state index is 6.07. The van der Waals surface area contributed by atoms with Gasteiger partial charge in [-0.2, -0.15) is 0 Å². The molecule has 0 saturated heterocycles. The summed E-state index contributed by atoms with van der Waals surface area (Å²) in [7, 11) is 3.17. The Hall–Kier alpha value is -3.54. The molecule has 1 aromatic heterocycles. The van der Waals surface area contributed by atoms with Crippen LogP contribution in [0.4, 0.5) is 5.69 Å². The van der Waals surface area contributed by atoms with Crippen LogP contribution in [-0.4, -0.2) is 24.2 Å². The summed E-state index contributed by atoms with van der Waals surface area (Å²) in [4.78, 5) is 8.56. The van der Waals surface area contributed by atoms with Crippen LogP contribution in [0, 0.1) is 0 Å². The number of anilines is 1. The summed E-state index contributed by atoms with van der Waals surface area (Å²) in [5.74, 6) is 2.26.